The SMILES string of the molecule is C#CCOCCOCCOCCOCCC(=O)N(CCCCN(C)C(=O)O[C@@H]([C@@H]1OC(C(=O)O)=C[C@H](N=C(N)N)[C@H]1NC(C)=O)[C@H](O)CO)CCOCCN(C)C(=O)O[C@@H]([C@@H]1OC(C(=O)O)=C[C@H](N=C(N)N)[C@H]1C)[C@H](O)CO. The average Bonchev–Trinajstić information content (AvgIpc) is 3.39. The van der Waals surface area contributed by atoms with Gasteiger partial charge in [0.2, 0.25) is 23.3 Å². The normalized spacial score (nSPS) is 20.2. The third kappa shape index (κ3) is 24.3. The van der Waals surface area contributed by atoms with Crippen LogP contribution in [0, 0.1) is 18.3 Å². The monoisotopic (exact) mass is 1120 g/mol. The van der Waals surface area contributed by atoms with E-state index < -0.39 is 121 Å². The van der Waals surface area contributed by atoms with Crippen LogP contribution in [0.1, 0.15) is 33.1 Å². The summed E-state index contributed by atoms with van der Waals surface area (Å²) in [6.45, 7) is 3.00. The number of hydrogen-bond acceptors (Lipinski definition) is 21. The Balaban J connectivity index is 2.09. The van der Waals surface area contributed by atoms with Gasteiger partial charge in [-0.3, -0.25) is 9.59 Å². The average molecular weight is 1120 g/mol. The number of terminal acetylenes is 1. The number of nitrogens with two attached hydrogens (primary N) is 4. The number of hydrogen-bond donors (Lipinski definition) is 11. The summed E-state index contributed by atoms with van der Waals surface area (Å²) in [5, 5.41) is 63.2. The molecular formula is C47H78N10O21. The highest BCUT2D eigenvalue weighted by Gasteiger charge is 2.47. The van der Waals surface area contributed by atoms with Crippen molar-refractivity contribution in [3.63, 3.8) is 0 Å². The van der Waals surface area contributed by atoms with Gasteiger partial charge in [-0.25, -0.2) is 29.2 Å². The van der Waals surface area contributed by atoms with E-state index in [1.807, 2.05) is 0 Å². The van der Waals surface area contributed by atoms with Crippen molar-refractivity contribution in [2.45, 2.75) is 87.9 Å². The molecule has 0 unspecified atom stereocenters. The molecule has 0 saturated heterocycles. The second-order valence-electron chi connectivity index (χ2n) is 17.6. The molecule has 10 atom stereocenters. The van der Waals surface area contributed by atoms with Crippen molar-refractivity contribution in [2.24, 2.45) is 38.8 Å². The molecule has 442 valence electrons. The molecule has 0 aromatic rings. The summed E-state index contributed by atoms with van der Waals surface area (Å²) in [7, 11) is 2.73. The maximum atomic E-state index is 13.5. The van der Waals surface area contributed by atoms with Crippen LogP contribution in [0.4, 0.5) is 9.59 Å². The molecule has 15 N–H and O–H groups in total. The van der Waals surface area contributed by atoms with E-state index in [-0.39, 0.29) is 90.5 Å². The predicted octanol–water partition coefficient (Wildman–Crippen LogP) is -4.56. The molecule has 0 bridgehead atoms. The highest BCUT2D eigenvalue weighted by Crippen LogP contribution is 2.31. The lowest BCUT2D eigenvalue weighted by Gasteiger charge is -2.40. The van der Waals surface area contributed by atoms with Gasteiger partial charge in [0, 0.05) is 53.1 Å². The van der Waals surface area contributed by atoms with Gasteiger partial charge in [0.1, 0.15) is 24.9 Å². The van der Waals surface area contributed by atoms with Crippen LogP contribution in [-0.2, 0) is 61.8 Å². The lowest BCUT2D eigenvalue weighted by molar-refractivity contribution is -0.148. The van der Waals surface area contributed by atoms with Gasteiger partial charge in [0.05, 0.1) is 97.2 Å². The van der Waals surface area contributed by atoms with Gasteiger partial charge in [0.25, 0.3) is 0 Å². The number of aliphatic hydroxyl groups is 4. The van der Waals surface area contributed by atoms with Gasteiger partial charge in [-0.05, 0) is 25.0 Å². The first-order valence-electron chi connectivity index (χ1n) is 24.8. The topological polar surface area (TPSA) is 457 Å². The highest BCUT2D eigenvalue weighted by atomic mass is 16.6. The Morgan fingerprint density at radius 1 is 0.679 bits per heavy atom. The van der Waals surface area contributed by atoms with Gasteiger partial charge in [-0.2, -0.15) is 0 Å². The number of carboxylic acids is 2. The first-order valence-corrected chi connectivity index (χ1v) is 24.8. The number of nitrogens with zero attached hydrogens (tertiary/aromatic N) is 5. The quantitative estimate of drug-likeness (QED) is 0.0121. The van der Waals surface area contributed by atoms with Crippen molar-refractivity contribution in [3.8, 4) is 12.3 Å². The molecule has 0 aromatic heterocycles. The van der Waals surface area contributed by atoms with Crippen molar-refractivity contribution in [3.05, 3.63) is 23.7 Å². The molecule has 2 aliphatic rings. The Kier molecular flexibility index (Phi) is 31.4. The number of aliphatic hydroxyl groups excluding tert-OH is 4. The number of ether oxygens (including phenoxy) is 9. The fraction of sp³-hybridized carbons (Fsp3) is 0.702. The first kappa shape index (κ1) is 67.3. The van der Waals surface area contributed by atoms with E-state index in [1.54, 1.807) is 6.92 Å². The minimum atomic E-state index is -1.84. The number of aliphatic imine (C=N–C) groups is 2. The van der Waals surface area contributed by atoms with Gasteiger partial charge in [0.15, 0.2) is 30.2 Å². The van der Waals surface area contributed by atoms with Crippen molar-refractivity contribution < 1.29 is 102 Å². The van der Waals surface area contributed by atoms with Crippen LogP contribution in [0.3, 0.4) is 0 Å². The molecule has 0 radical (unpaired) electrons. The minimum Gasteiger partial charge on any atom is -0.479 e. The standard InChI is InChI=1S/C47H78N10O21/c1-6-14-70-18-20-73-22-23-74-21-19-71-15-9-36(63)57(13-17-72-16-12-56(5)47(69)77-39(32(61)26-58)38-28(2)30(53-44(48)49)24-34(75-38)42(64)65)11-8-7-10-55(4)46(68)78-40(33(62)27-59)41-37(52-29(3)60)31(54-45(50)51)25-35(76-41)43(66)67/h1,24-25,28,30-33,37-41,58-59,61-62H,7-23,26-27H2,2-5H3,(H,52,60)(H,64,65)(H,66,67)(H4,48,49,53)(H4,50,51,54)/t28-,30+,31+,32-,33-,37-,38-,39-,40-,41-/m1/s1. The lowest BCUT2D eigenvalue weighted by Crippen LogP contribution is -2.61. The van der Waals surface area contributed by atoms with E-state index in [9.17, 15) is 59.4 Å². The summed E-state index contributed by atoms with van der Waals surface area (Å²) in [5.74, 6) is -4.46. The molecule has 2 rings (SSSR count). The zero-order valence-corrected chi connectivity index (χ0v) is 44.3. The minimum absolute atomic E-state index is 0.0104. The molecule has 31 heteroatoms. The molecule has 0 aromatic carbocycles. The number of rotatable bonds is 37. The van der Waals surface area contributed by atoms with Crippen molar-refractivity contribution >= 4 is 47.9 Å². The smallest absolute Gasteiger partial charge is 0.410 e. The summed E-state index contributed by atoms with van der Waals surface area (Å²) in [5.41, 5.74) is 22.2. The summed E-state index contributed by atoms with van der Waals surface area (Å²) in [6, 6.07) is -3.49. The Morgan fingerprint density at radius 2 is 1.13 bits per heavy atom. The number of carbonyl (C=O) groups excluding carboxylic acids is 4. The highest BCUT2D eigenvalue weighted by molar-refractivity contribution is 5.86. The molecule has 2 aliphatic heterocycles. The van der Waals surface area contributed by atoms with Crippen LogP contribution in [0.25, 0.3) is 0 Å². The second-order valence-corrected chi connectivity index (χ2v) is 17.6. The van der Waals surface area contributed by atoms with E-state index in [0.717, 1.165) is 28.9 Å². The van der Waals surface area contributed by atoms with Crippen LogP contribution in [-0.4, -0.2) is 268 Å². The van der Waals surface area contributed by atoms with Crippen LogP contribution in [0.2, 0.25) is 0 Å². The van der Waals surface area contributed by atoms with Gasteiger partial charge < -0.3 is 116 Å². The molecule has 0 spiro atoms. The maximum Gasteiger partial charge on any atom is 0.410 e. The molecule has 31 nitrogen and oxygen atoms in total. The fourth-order valence-corrected chi connectivity index (χ4v) is 7.54. The molecular weight excluding hydrogens is 1040 g/mol. The number of aliphatic carboxylic acids is 2. The number of amides is 4. The number of unbranched alkanes of at least 4 members (excludes halogenated alkanes) is 1. The van der Waals surface area contributed by atoms with Crippen LogP contribution < -0.4 is 28.3 Å². The number of guanidine groups is 2. The van der Waals surface area contributed by atoms with Crippen molar-refractivity contribution in [1.29, 1.82) is 0 Å². The largest absolute Gasteiger partial charge is 0.479 e. The van der Waals surface area contributed by atoms with Crippen molar-refractivity contribution in [2.75, 3.05) is 120 Å². The van der Waals surface area contributed by atoms with E-state index >= 15 is 0 Å². The summed E-state index contributed by atoms with van der Waals surface area (Å²) < 4.78 is 49.7. The third-order valence-corrected chi connectivity index (χ3v) is 11.6. The van der Waals surface area contributed by atoms with Gasteiger partial charge >= 0.3 is 24.1 Å². The van der Waals surface area contributed by atoms with Crippen LogP contribution in [0.15, 0.2) is 33.7 Å². The molecule has 78 heavy (non-hydrogen) atoms. The zero-order chi connectivity index (χ0) is 58.3. The Morgan fingerprint density at radius 3 is 1.64 bits per heavy atom. The Hall–Kier alpha value is -6.76. The van der Waals surface area contributed by atoms with Crippen molar-refractivity contribution in [1.82, 2.24) is 20.0 Å². The molecule has 0 fully saturated rings. The second kappa shape index (κ2) is 36.4. The third-order valence-electron chi connectivity index (χ3n) is 11.6. The molecule has 0 aliphatic carbocycles. The lowest BCUT2D eigenvalue weighted by atomic mass is 9.87. The van der Waals surface area contributed by atoms with Gasteiger partial charge in [-0.15, -0.1) is 6.42 Å². The fourth-order valence-electron chi connectivity index (χ4n) is 7.54. The summed E-state index contributed by atoms with van der Waals surface area (Å²) in [4.78, 5) is 88.1. The summed E-state index contributed by atoms with van der Waals surface area (Å²) in [6.07, 6.45) is -3.94. The number of likely N-dealkylation sites (N-methyl/N-ethyl adjacent to an activating group) is 1. The summed E-state index contributed by atoms with van der Waals surface area (Å²) >= 11 is 0. The molecule has 4 amide bonds. The Bertz CT molecular complexity index is 2070. The number of nitrogens with one attached hydrogen (secondary N) is 1. The van der Waals surface area contributed by atoms with E-state index in [1.165, 1.54) is 19.0 Å². The maximum absolute atomic E-state index is 13.5. The number of carbonyl (C=O) groups is 6. The number of carboxylic acid groups (broad SMARTS) is 2. The molecule has 0 saturated carbocycles. The van der Waals surface area contributed by atoms with E-state index in [2.05, 4.69) is 21.2 Å². The zero-order valence-electron chi connectivity index (χ0n) is 44.3. The van der Waals surface area contributed by atoms with Crippen LogP contribution >= 0.6 is 0 Å². The van der Waals surface area contributed by atoms with Crippen LogP contribution in [0.5, 0.6) is 0 Å². The molecule has 2 heterocycles. The van der Waals surface area contributed by atoms with Gasteiger partial charge in [-0.1, -0.05) is 12.8 Å². The van der Waals surface area contributed by atoms with E-state index in [0.29, 0.717) is 32.8 Å². The van der Waals surface area contributed by atoms with E-state index in [4.69, 9.17) is 72.0 Å². The first-order chi connectivity index (χ1) is 37.1. The Labute approximate surface area is 451 Å². The predicted molar refractivity (Wildman–Crippen MR) is 272 cm³/mol.